The summed E-state index contributed by atoms with van der Waals surface area (Å²) in [7, 11) is 0. The van der Waals surface area contributed by atoms with Crippen molar-refractivity contribution in [2.75, 3.05) is 0 Å². The van der Waals surface area contributed by atoms with Crippen LogP contribution in [0, 0.1) is 0 Å². The van der Waals surface area contributed by atoms with Crippen molar-refractivity contribution in [3.63, 3.8) is 0 Å². The van der Waals surface area contributed by atoms with Crippen molar-refractivity contribution in [2.45, 2.75) is 76.0 Å². The Morgan fingerprint density at radius 2 is 0.971 bits per heavy atom. The average molecular weight is 475 g/mol. The smallest absolute Gasteiger partial charge is 0.0198 e. The molecule has 0 aromatic heterocycles. The van der Waals surface area contributed by atoms with E-state index < -0.39 is 0 Å². The minimum Gasteiger partial charge on any atom is -0.0889 e. The van der Waals surface area contributed by atoms with Gasteiger partial charge in [0, 0.05) is 9.79 Å². The van der Waals surface area contributed by atoms with Crippen LogP contribution >= 0.6 is 11.8 Å². The molecule has 0 aliphatic heterocycles. The lowest BCUT2D eigenvalue weighted by Crippen LogP contribution is -2.03. The first-order chi connectivity index (χ1) is 17.2. The summed E-state index contributed by atoms with van der Waals surface area (Å²) in [6, 6.07) is 23.1. The van der Waals surface area contributed by atoms with E-state index in [9.17, 15) is 0 Å². The maximum absolute atomic E-state index is 2.51. The molecule has 0 amide bonds. The van der Waals surface area contributed by atoms with Gasteiger partial charge in [0.25, 0.3) is 0 Å². The molecule has 6 rings (SSSR count). The summed E-state index contributed by atoms with van der Waals surface area (Å²) in [6.07, 6.45) is 6.47. The standard InChI is InChI=1S/C34H34S/c1-5-21-17-29-27-15-11-9-13-23(27)19-31(29)33(25(21)7-3)35-34-26(8-4)22(6-2)18-30-28-16-12-10-14-24(28)20-32(30)34/h9-18H,5-8,19-20H2,1-4H3. The van der Waals surface area contributed by atoms with Crippen LogP contribution < -0.4 is 0 Å². The van der Waals surface area contributed by atoms with Gasteiger partial charge in [0.05, 0.1) is 0 Å². The van der Waals surface area contributed by atoms with E-state index >= 15 is 0 Å². The van der Waals surface area contributed by atoms with Crippen LogP contribution in [-0.2, 0) is 38.5 Å². The number of fused-ring (bicyclic) bond motifs is 6. The van der Waals surface area contributed by atoms with E-state index in [0.717, 1.165) is 38.5 Å². The maximum atomic E-state index is 2.51. The Labute approximate surface area is 214 Å². The molecule has 0 unspecified atom stereocenters. The Morgan fingerprint density at radius 1 is 0.543 bits per heavy atom. The van der Waals surface area contributed by atoms with E-state index in [4.69, 9.17) is 0 Å². The molecular formula is C34H34S. The molecule has 176 valence electrons. The fourth-order valence-electron chi connectivity index (χ4n) is 6.44. The molecule has 0 atom stereocenters. The SMILES string of the molecule is CCc1cc2c(c(Sc3c(CC)c(CC)cc4c3Cc3ccccc3-4)c1CC)Cc1ccccc1-2. The number of benzene rings is 4. The Kier molecular flexibility index (Phi) is 5.85. The van der Waals surface area contributed by atoms with Crippen molar-refractivity contribution in [3.05, 3.63) is 105 Å². The van der Waals surface area contributed by atoms with Crippen LogP contribution in [-0.4, -0.2) is 0 Å². The molecule has 35 heavy (non-hydrogen) atoms. The topological polar surface area (TPSA) is 0 Å². The predicted molar refractivity (Wildman–Crippen MR) is 151 cm³/mol. The predicted octanol–water partition coefficient (Wildman–Crippen LogP) is 9.23. The van der Waals surface area contributed by atoms with E-state index in [1.807, 2.05) is 0 Å². The monoisotopic (exact) mass is 474 g/mol. The zero-order valence-corrected chi connectivity index (χ0v) is 22.2. The highest BCUT2D eigenvalue weighted by molar-refractivity contribution is 7.99. The minimum atomic E-state index is 1.06. The van der Waals surface area contributed by atoms with Gasteiger partial charge in [0.15, 0.2) is 0 Å². The van der Waals surface area contributed by atoms with Crippen molar-refractivity contribution in [1.29, 1.82) is 0 Å². The maximum Gasteiger partial charge on any atom is 0.0198 e. The second-order valence-electron chi connectivity index (χ2n) is 9.92. The van der Waals surface area contributed by atoms with E-state index in [0.29, 0.717) is 0 Å². The second-order valence-corrected chi connectivity index (χ2v) is 10.9. The van der Waals surface area contributed by atoms with Gasteiger partial charge in [-0.25, -0.2) is 0 Å². The Bertz CT molecular complexity index is 1350. The summed E-state index contributed by atoms with van der Waals surface area (Å²) in [4.78, 5) is 3.08. The van der Waals surface area contributed by atoms with E-state index in [2.05, 4.69) is 100 Å². The zero-order chi connectivity index (χ0) is 24.1. The molecule has 0 spiro atoms. The lowest BCUT2D eigenvalue weighted by Gasteiger charge is -2.22. The Balaban J connectivity index is 1.59. The van der Waals surface area contributed by atoms with Gasteiger partial charge in [0.2, 0.25) is 0 Å². The van der Waals surface area contributed by atoms with Crippen molar-refractivity contribution < 1.29 is 0 Å². The van der Waals surface area contributed by atoms with Crippen LogP contribution in [0.25, 0.3) is 22.3 Å². The highest BCUT2D eigenvalue weighted by Gasteiger charge is 2.29. The molecule has 2 aliphatic carbocycles. The number of rotatable bonds is 6. The molecule has 0 N–H and O–H groups in total. The molecule has 0 saturated carbocycles. The Hall–Kier alpha value is -2.77. The molecule has 2 aliphatic rings. The van der Waals surface area contributed by atoms with Gasteiger partial charge in [-0.2, -0.15) is 0 Å². The number of hydrogen-bond acceptors (Lipinski definition) is 1. The normalized spacial score (nSPS) is 12.9. The summed E-state index contributed by atoms with van der Waals surface area (Å²) in [5.41, 5.74) is 18.1. The molecule has 0 saturated heterocycles. The summed E-state index contributed by atoms with van der Waals surface area (Å²) >= 11 is 2.10. The first-order valence-electron chi connectivity index (χ1n) is 13.4. The molecule has 0 radical (unpaired) electrons. The van der Waals surface area contributed by atoms with E-state index in [-0.39, 0.29) is 0 Å². The van der Waals surface area contributed by atoms with E-state index in [1.165, 1.54) is 44.5 Å². The lowest BCUT2D eigenvalue weighted by atomic mass is 9.95. The van der Waals surface area contributed by atoms with Crippen LogP contribution in [0.4, 0.5) is 0 Å². The quantitative estimate of drug-likeness (QED) is 0.232. The van der Waals surface area contributed by atoms with Gasteiger partial charge in [-0.3, -0.25) is 0 Å². The third-order valence-corrected chi connectivity index (χ3v) is 9.58. The largest absolute Gasteiger partial charge is 0.0889 e. The molecule has 1 heteroatoms. The van der Waals surface area contributed by atoms with Crippen molar-refractivity contribution >= 4 is 11.8 Å². The summed E-state index contributed by atoms with van der Waals surface area (Å²) in [5.74, 6) is 0. The highest BCUT2D eigenvalue weighted by Crippen LogP contribution is 2.51. The van der Waals surface area contributed by atoms with Crippen LogP contribution in [0.15, 0.2) is 70.5 Å². The van der Waals surface area contributed by atoms with Crippen LogP contribution in [0.5, 0.6) is 0 Å². The third kappa shape index (κ3) is 3.51. The minimum absolute atomic E-state index is 1.06. The van der Waals surface area contributed by atoms with Crippen LogP contribution in [0.2, 0.25) is 0 Å². The summed E-state index contributed by atoms with van der Waals surface area (Å²) in [5, 5.41) is 0. The van der Waals surface area contributed by atoms with Gasteiger partial charge in [0.1, 0.15) is 0 Å². The molecular weight excluding hydrogens is 440 g/mol. The first-order valence-corrected chi connectivity index (χ1v) is 14.2. The molecule has 4 aromatic rings. The molecule has 0 heterocycles. The van der Waals surface area contributed by atoms with Crippen molar-refractivity contribution in [1.82, 2.24) is 0 Å². The average Bonchev–Trinajstić information content (AvgIpc) is 3.46. The first kappa shape index (κ1) is 22.7. The lowest BCUT2D eigenvalue weighted by molar-refractivity contribution is 0.963. The van der Waals surface area contributed by atoms with Crippen molar-refractivity contribution in [2.24, 2.45) is 0 Å². The van der Waals surface area contributed by atoms with Crippen LogP contribution in [0.3, 0.4) is 0 Å². The summed E-state index contributed by atoms with van der Waals surface area (Å²) < 4.78 is 0. The van der Waals surface area contributed by atoms with Gasteiger partial charge in [-0.1, -0.05) is 100 Å². The summed E-state index contributed by atoms with van der Waals surface area (Å²) in [6.45, 7) is 9.33. The molecule has 0 bridgehead atoms. The van der Waals surface area contributed by atoms with Gasteiger partial charge in [-0.05, 0) is 105 Å². The van der Waals surface area contributed by atoms with Crippen LogP contribution in [0.1, 0.15) is 72.2 Å². The van der Waals surface area contributed by atoms with Gasteiger partial charge >= 0.3 is 0 Å². The Morgan fingerprint density at radius 3 is 1.37 bits per heavy atom. The van der Waals surface area contributed by atoms with Gasteiger partial charge < -0.3 is 0 Å². The van der Waals surface area contributed by atoms with Gasteiger partial charge in [-0.15, -0.1) is 0 Å². The molecule has 0 fully saturated rings. The molecule has 0 nitrogen and oxygen atoms in total. The fourth-order valence-corrected chi connectivity index (χ4v) is 8.05. The second kappa shape index (κ2) is 9.03. The van der Waals surface area contributed by atoms with Crippen molar-refractivity contribution in [3.8, 4) is 22.3 Å². The zero-order valence-electron chi connectivity index (χ0n) is 21.4. The number of hydrogen-bond donors (Lipinski definition) is 0. The highest BCUT2D eigenvalue weighted by atomic mass is 32.2. The number of aryl methyl sites for hydroxylation is 2. The third-order valence-electron chi connectivity index (χ3n) is 8.18. The fraction of sp³-hybridized carbons (Fsp3) is 0.294. The molecule has 4 aromatic carbocycles. The van der Waals surface area contributed by atoms with E-state index in [1.54, 1.807) is 32.0 Å².